The van der Waals surface area contributed by atoms with Gasteiger partial charge in [-0.1, -0.05) is 29.3 Å². The zero-order chi connectivity index (χ0) is 17.1. The number of hydrogen-bond acceptors (Lipinski definition) is 6. The minimum absolute atomic E-state index is 0.0226. The molecule has 1 aromatic heterocycles. The highest BCUT2D eigenvalue weighted by atomic mass is 35.5. The highest BCUT2D eigenvalue weighted by molar-refractivity contribution is 8.14. The summed E-state index contributed by atoms with van der Waals surface area (Å²) in [5.41, 5.74) is 1.69. The molecule has 24 heavy (non-hydrogen) atoms. The molecule has 128 valence electrons. The van der Waals surface area contributed by atoms with Crippen LogP contribution in [0.4, 0.5) is 9.93 Å². The van der Waals surface area contributed by atoms with Crippen LogP contribution in [-0.2, 0) is 0 Å². The second-order valence-electron chi connectivity index (χ2n) is 5.43. The molecule has 0 unspecified atom stereocenters. The number of anilines is 1. The van der Waals surface area contributed by atoms with E-state index in [1.165, 1.54) is 11.3 Å². The van der Waals surface area contributed by atoms with Crippen LogP contribution >= 0.6 is 46.5 Å². The summed E-state index contributed by atoms with van der Waals surface area (Å²) in [4.78, 5) is 20.7. The molecule has 0 atom stereocenters. The van der Waals surface area contributed by atoms with Crippen molar-refractivity contribution in [2.75, 3.05) is 37.9 Å². The molecule has 1 N–H and O–H groups in total. The Morgan fingerprint density at radius 3 is 2.71 bits per heavy atom. The molecule has 1 fully saturated rings. The molecule has 0 spiro atoms. The van der Waals surface area contributed by atoms with E-state index in [2.05, 4.69) is 21.7 Å². The molecule has 1 aliphatic rings. The first kappa shape index (κ1) is 17.8. The Morgan fingerprint density at radius 2 is 2.00 bits per heavy atom. The predicted molar refractivity (Wildman–Crippen MR) is 103 cm³/mol. The van der Waals surface area contributed by atoms with Crippen molar-refractivity contribution in [3.8, 4) is 11.3 Å². The normalized spacial score (nSPS) is 15.5. The molecule has 2 aromatic rings. The lowest BCUT2D eigenvalue weighted by Gasteiger charge is -2.31. The van der Waals surface area contributed by atoms with E-state index >= 15 is 0 Å². The predicted octanol–water partition coefficient (Wildman–Crippen LogP) is 4.54. The maximum Gasteiger partial charge on any atom is 0.302 e. The quantitative estimate of drug-likeness (QED) is 0.763. The van der Waals surface area contributed by atoms with E-state index in [4.69, 9.17) is 23.2 Å². The lowest BCUT2D eigenvalue weighted by Crippen LogP contribution is -2.46. The summed E-state index contributed by atoms with van der Waals surface area (Å²) in [7, 11) is 2.06. The van der Waals surface area contributed by atoms with Gasteiger partial charge in [0.2, 0.25) is 0 Å². The SMILES string of the molecule is CN1CCN(C(=O)SNc2nc(-c3ccc(Cl)c(Cl)c3)cs2)CC1. The minimum atomic E-state index is 0.0226. The first-order valence-corrected chi connectivity index (χ1v) is 9.79. The van der Waals surface area contributed by atoms with Crippen LogP contribution in [0.25, 0.3) is 11.3 Å². The molecule has 1 amide bonds. The maximum atomic E-state index is 12.2. The number of likely N-dealkylation sites (N-methyl/N-ethyl adjacent to an activating group) is 1. The Bertz CT molecular complexity index is 732. The van der Waals surface area contributed by atoms with Crippen LogP contribution in [-0.4, -0.2) is 53.2 Å². The second kappa shape index (κ2) is 7.93. The average molecular weight is 403 g/mol. The average Bonchev–Trinajstić information content (AvgIpc) is 3.05. The molecule has 5 nitrogen and oxygen atoms in total. The summed E-state index contributed by atoms with van der Waals surface area (Å²) >= 11 is 14.5. The third-order valence-electron chi connectivity index (χ3n) is 3.71. The van der Waals surface area contributed by atoms with Crippen LogP contribution in [0.15, 0.2) is 23.6 Å². The van der Waals surface area contributed by atoms with Gasteiger partial charge < -0.3 is 9.80 Å². The van der Waals surface area contributed by atoms with Crippen molar-refractivity contribution < 1.29 is 4.79 Å². The monoisotopic (exact) mass is 402 g/mol. The molecule has 0 aliphatic carbocycles. The maximum absolute atomic E-state index is 12.2. The first-order chi connectivity index (χ1) is 11.5. The third kappa shape index (κ3) is 4.34. The topological polar surface area (TPSA) is 48.5 Å². The van der Waals surface area contributed by atoms with Crippen molar-refractivity contribution in [3.63, 3.8) is 0 Å². The summed E-state index contributed by atoms with van der Waals surface area (Å²) in [5, 5.41) is 3.64. The van der Waals surface area contributed by atoms with Crippen molar-refractivity contribution in [2.45, 2.75) is 0 Å². The van der Waals surface area contributed by atoms with Crippen LogP contribution in [0.2, 0.25) is 10.0 Å². The lowest BCUT2D eigenvalue weighted by molar-refractivity contribution is 0.172. The number of nitrogens with zero attached hydrogens (tertiary/aromatic N) is 3. The number of thiazole rings is 1. The van der Waals surface area contributed by atoms with E-state index in [0.29, 0.717) is 15.2 Å². The van der Waals surface area contributed by atoms with Crippen molar-refractivity contribution >= 4 is 56.9 Å². The van der Waals surface area contributed by atoms with E-state index in [9.17, 15) is 4.79 Å². The Balaban J connectivity index is 1.58. The first-order valence-electron chi connectivity index (χ1n) is 7.34. The van der Waals surface area contributed by atoms with Crippen molar-refractivity contribution in [1.29, 1.82) is 0 Å². The van der Waals surface area contributed by atoms with Gasteiger partial charge in [0.1, 0.15) is 0 Å². The molecule has 2 heterocycles. The van der Waals surface area contributed by atoms with E-state index < -0.39 is 0 Å². The lowest BCUT2D eigenvalue weighted by atomic mass is 10.2. The van der Waals surface area contributed by atoms with Gasteiger partial charge in [-0.05, 0) is 19.2 Å². The number of carbonyl (C=O) groups excluding carboxylic acids is 1. The van der Waals surface area contributed by atoms with E-state index in [1.807, 2.05) is 16.3 Å². The number of carbonyl (C=O) groups is 1. The number of nitrogens with one attached hydrogen (secondary N) is 1. The minimum Gasteiger partial charge on any atom is -0.330 e. The number of hydrogen-bond donors (Lipinski definition) is 1. The molecule has 1 aliphatic heterocycles. The van der Waals surface area contributed by atoms with Gasteiger partial charge in [-0.2, -0.15) is 0 Å². The molecular formula is C15H16Cl2N4OS2. The molecule has 0 radical (unpaired) electrons. The largest absolute Gasteiger partial charge is 0.330 e. The fraction of sp³-hybridized carbons (Fsp3) is 0.333. The van der Waals surface area contributed by atoms with Crippen LogP contribution in [0.3, 0.4) is 0 Å². The fourth-order valence-corrected chi connectivity index (χ4v) is 3.96. The van der Waals surface area contributed by atoms with Gasteiger partial charge in [0.15, 0.2) is 5.13 Å². The van der Waals surface area contributed by atoms with Gasteiger partial charge in [-0.3, -0.25) is 9.52 Å². The van der Waals surface area contributed by atoms with Gasteiger partial charge in [0.25, 0.3) is 0 Å². The van der Waals surface area contributed by atoms with Gasteiger partial charge in [0.05, 0.1) is 15.7 Å². The van der Waals surface area contributed by atoms with Gasteiger partial charge in [-0.25, -0.2) is 4.98 Å². The van der Waals surface area contributed by atoms with Crippen molar-refractivity contribution in [2.24, 2.45) is 0 Å². The Kier molecular flexibility index (Phi) is 5.89. The molecule has 3 rings (SSSR count). The van der Waals surface area contributed by atoms with Gasteiger partial charge in [0, 0.05) is 49.1 Å². The van der Waals surface area contributed by atoms with Crippen molar-refractivity contribution in [1.82, 2.24) is 14.8 Å². The molecule has 1 aromatic carbocycles. The Hall–Kier alpha value is -0.990. The molecule has 0 saturated carbocycles. The number of aromatic nitrogens is 1. The fourth-order valence-electron chi connectivity index (χ4n) is 2.25. The summed E-state index contributed by atoms with van der Waals surface area (Å²) < 4.78 is 3.03. The summed E-state index contributed by atoms with van der Waals surface area (Å²) in [5.74, 6) is 0. The van der Waals surface area contributed by atoms with Crippen LogP contribution in [0, 0.1) is 0 Å². The molecule has 9 heteroatoms. The Morgan fingerprint density at radius 1 is 1.25 bits per heavy atom. The van der Waals surface area contributed by atoms with E-state index in [0.717, 1.165) is 49.4 Å². The number of amides is 1. The highest BCUT2D eigenvalue weighted by Gasteiger charge is 2.20. The smallest absolute Gasteiger partial charge is 0.302 e. The van der Waals surface area contributed by atoms with Crippen LogP contribution in [0.1, 0.15) is 0 Å². The zero-order valence-electron chi connectivity index (χ0n) is 13.0. The van der Waals surface area contributed by atoms with E-state index in [-0.39, 0.29) is 5.24 Å². The van der Waals surface area contributed by atoms with Gasteiger partial charge >= 0.3 is 5.24 Å². The summed E-state index contributed by atoms with van der Waals surface area (Å²) in [6.45, 7) is 3.34. The molecule has 0 bridgehead atoms. The highest BCUT2D eigenvalue weighted by Crippen LogP contribution is 2.31. The van der Waals surface area contributed by atoms with Crippen molar-refractivity contribution in [3.05, 3.63) is 33.6 Å². The van der Waals surface area contributed by atoms with Gasteiger partial charge in [-0.15, -0.1) is 11.3 Å². The van der Waals surface area contributed by atoms with E-state index in [1.54, 1.807) is 12.1 Å². The second-order valence-corrected chi connectivity index (χ2v) is 7.86. The number of piperazine rings is 1. The third-order valence-corrected chi connectivity index (χ3v) is 6.06. The Labute approximate surface area is 159 Å². The number of benzene rings is 1. The molecular weight excluding hydrogens is 387 g/mol. The zero-order valence-corrected chi connectivity index (χ0v) is 16.1. The number of halogens is 2. The molecule has 1 saturated heterocycles. The summed E-state index contributed by atoms with van der Waals surface area (Å²) in [6, 6.07) is 5.40. The standard InChI is InChI=1S/C15H16Cl2N4OS2/c1-20-4-6-21(7-5-20)15(22)24-19-14-18-13(9-23-14)10-2-3-11(16)12(17)8-10/h2-3,8-9H,4-7H2,1H3,(H,18,19). The van der Waals surface area contributed by atoms with Crippen LogP contribution in [0.5, 0.6) is 0 Å². The number of rotatable bonds is 3. The van der Waals surface area contributed by atoms with Crippen LogP contribution < -0.4 is 4.72 Å². The summed E-state index contributed by atoms with van der Waals surface area (Å²) in [6.07, 6.45) is 0.